The molecule has 77 heavy (non-hydrogen) atoms. The maximum Gasteiger partial charge on any atom is 0.318 e. The molecule has 2 aromatic heterocycles. The number of fused-ring (bicyclic) bond motifs is 2. The van der Waals surface area contributed by atoms with Gasteiger partial charge in [0, 0.05) is 62.7 Å². The Kier molecular flexibility index (Phi) is 15.3. The number of nitrogens with one attached hydrogen (secondary N) is 1. The lowest BCUT2D eigenvalue weighted by molar-refractivity contribution is -0.155. The molecule has 1 atom stereocenters. The van der Waals surface area contributed by atoms with Crippen molar-refractivity contribution in [2.75, 3.05) is 59.4 Å². The number of likely N-dealkylation sites (tertiary alicyclic amines) is 2. The van der Waals surface area contributed by atoms with Crippen LogP contribution in [0.2, 0.25) is 0 Å². The second-order valence-electron chi connectivity index (χ2n) is 22.7. The predicted octanol–water partition coefficient (Wildman–Crippen LogP) is 8.42. The number of urea groups is 1. The highest BCUT2D eigenvalue weighted by atomic mass is 16.5. The number of piperidine rings is 2. The molecule has 4 aromatic carbocycles. The highest BCUT2D eigenvalue weighted by Crippen LogP contribution is 2.44. The number of esters is 2. The van der Waals surface area contributed by atoms with Crippen molar-refractivity contribution >= 4 is 45.7 Å². The molecule has 0 radical (unpaired) electrons. The third-order valence-electron chi connectivity index (χ3n) is 18.1. The van der Waals surface area contributed by atoms with Gasteiger partial charge >= 0.3 is 18.0 Å². The van der Waals surface area contributed by atoms with Crippen LogP contribution in [-0.4, -0.2) is 129 Å². The third kappa shape index (κ3) is 10.6. The molecule has 2 saturated carbocycles. The molecule has 0 spiro atoms. The van der Waals surface area contributed by atoms with Crippen LogP contribution in [0.15, 0.2) is 114 Å². The first-order valence-electron chi connectivity index (χ1n) is 28.3. The van der Waals surface area contributed by atoms with E-state index in [2.05, 4.69) is 27.3 Å². The van der Waals surface area contributed by atoms with Crippen LogP contribution in [0, 0.1) is 6.92 Å². The minimum absolute atomic E-state index is 0.0172. The fourth-order valence-electron chi connectivity index (χ4n) is 13.7. The van der Waals surface area contributed by atoms with Crippen molar-refractivity contribution in [1.29, 1.82) is 0 Å². The second kappa shape index (κ2) is 22.6. The highest BCUT2D eigenvalue weighted by molar-refractivity contribution is 5.89. The summed E-state index contributed by atoms with van der Waals surface area (Å²) in [5, 5.41) is 9.62. The van der Waals surface area contributed by atoms with Crippen LogP contribution >= 0.6 is 0 Å². The summed E-state index contributed by atoms with van der Waals surface area (Å²) in [6.07, 6.45) is 12.2. The van der Waals surface area contributed by atoms with E-state index in [1.807, 2.05) is 115 Å². The van der Waals surface area contributed by atoms with Crippen LogP contribution in [0.1, 0.15) is 111 Å². The summed E-state index contributed by atoms with van der Waals surface area (Å²) in [6.45, 7) is 7.51. The largest absolute Gasteiger partial charge is 0.443 e. The Balaban J connectivity index is 0.783. The quantitative estimate of drug-likeness (QED) is 0.105. The van der Waals surface area contributed by atoms with Crippen molar-refractivity contribution in [2.24, 2.45) is 0 Å². The van der Waals surface area contributed by atoms with Crippen molar-refractivity contribution < 1.29 is 28.7 Å². The van der Waals surface area contributed by atoms with Gasteiger partial charge in [0.15, 0.2) is 13.5 Å². The van der Waals surface area contributed by atoms with E-state index in [0.717, 1.165) is 116 Å². The molecule has 5 fully saturated rings. The molecule has 1 unspecified atom stereocenters. The third-order valence-corrected chi connectivity index (χ3v) is 18.1. The SMILES string of the molecule is Cc1cc(CC(NC(=O)N2CCC(c3cc4ccccc4n(COC(=O)C4(c5ccccc5)CCCC4)c3=O)CC2)C(=O)N2CCN(C3CCN(C)CC3)CC2)cc2cnn(COC(=O)C3(c4ccccc4)CCCC3)c12. The van der Waals surface area contributed by atoms with Crippen LogP contribution < -0.4 is 10.9 Å². The molecule has 1 N–H and O–H groups in total. The Hall–Kier alpha value is -6.84. The zero-order valence-corrected chi connectivity index (χ0v) is 44.9. The average Bonchev–Trinajstić information content (AvgIpc) is 4.29. The lowest BCUT2D eigenvalue weighted by Gasteiger charge is -2.43. The predicted molar refractivity (Wildman–Crippen MR) is 296 cm³/mol. The van der Waals surface area contributed by atoms with Gasteiger partial charge in [0.2, 0.25) is 5.91 Å². The smallest absolute Gasteiger partial charge is 0.318 e. The van der Waals surface area contributed by atoms with Crippen molar-refractivity contribution in [3.63, 3.8) is 0 Å². The van der Waals surface area contributed by atoms with Crippen molar-refractivity contribution in [1.82, 2.24) is 39.3 Å². The Morgan fingerprint density at radius 2 is 1.25 bits per heavy atom. The Bertz CT molecular complexity index is 3140. The molecule has 11 rings (SSSR count). The molecular formula is C62H74N8O7. The molecule has 15 heteroatoms. The molecule has 2 aliphatic carbocycles. The van der Waals surface area contributed by atoms with Gasteiger partial charge in [0.25, 0.3) is 5.56 Å². The zero-order valence-electron chi connectivity index (χ0n) is 44.9. The van der Waals surface area contributed by atoms with E-state index in [1.165, 1.54) is 0 Å². The topological polar surface area (TPSA) is 152 Å². The van der Waals surface area contributed by atoms with Crippen molar-refractivity contribution in [2.45, 2.75) is 133 Å². The Morgan fingerprint density at radius 3 is 1.87 bits per heavy atom. The summed E-state index contributed by atoms with van der Waals surface area (Å²) in [6, 6.07) is 32.9. The molecule has 6 aromatic rings. The lowest BCUT2D eigenvalue weighted by Crippen LogP contribution is -2.59. The standard InChI is InChI=1S/C62H74N8O7/c1-44-37-45(38-48-41-63-70(55(44)48)43-77-59(74)62(27-13-14-28-62)50-18-7-4-8-19-50)39-53(57(72)67-35-33-66(34-36-67)51-23-29-65(2)30-24-51)64-60(75)68-31-21-46(22-32-68)52-40-47-15-9-10-20-54(47)69(56(52)71)42-76-58(73)61(25-11-12-26-61)49-16-5-3-6-17-49/h3-10,15-20,37-38,40-41,46,51,53H,11-14,21-36,39,42-43H2,1-2H3,(H,64,75). The number of aryl methyl sites for hydroxylation is 1. The maximum absolute atomic E-state index is 14.8. The van der Waals surface area contributed by atoms with Gasteiger partial charge in [-0.05, 0) is 130 Å². The second-order valence-corrected chi connectivity index (χ2v) is 22.7. The van der Waals surface area contributed by atoms with E-state index >= 15 is 0 Å². The molecule has 5 heterocycles. The number of amides is 3. The number of hydrogen-bond acceptors (Lipinski definition) is 10. The van der Waals surface area contributed by atoms with Crippen molar-refractivity contribution in [3.8, 4) is 0 Å². The van der Waals surface area contributed by atoms with E-state index in [1.54, 1.807) is 20.3 Å². The molecule has 0 bridgehead atoms. The minimum Gasteiger partial charge on any atom is -0.443 e. The van der Waals surface area contributed by atoms with Gasteiger partial charge in [0.1, 0.15) is 6.04 Å². The van der Waals surface area contributed by atoms with Gasteiger partial charge in [-0.3, -0.25) is 28.6 Å². The van der Waals surface area contributed by atoms with Crippen LogP contribution in [0.5, 0.6) is 0 Å². The number of benzene rings is 4. The summed E-state index contributed by atoms with van der Waals surface area (Å²) in [4.78, 5) is 80.3. The molecular weight excluding hydrogens is 969 g/mol. The average molecular weight is 1040 g/mol. The number of para-hydroxylation sites is 1. The molecule has 15 nitrogen and oxygen atoms in total. The number of piperazine rings is 1. The summed E-state index contributed by atoms with van der Waals surface area (Å²) in [7, 11) is 2.17. The minimum atomic E-state index is -0.829. The number of nitrogens with zero attached hydrogens (tertiary/aromatic N) is 7. The van der Waals surface area contributed by atoms with Gasteiger partial charge in [-0.1, -0.05) is 111 Å². The van der Waals surface area contributed by atoms with E-state index in [4.69, 9.17) is 9.47 Å². The molecule has 5 aliphatic rings. The van der Waals surface area contributed by atoms with Gasteiger partial charge < -0.3 is 29.5 Å². The van der Waals surface area contributed by atoms with Crippen LogP contribution in [0.4, 0.5) is 4.79 Å². The van der Waals surface area contributed by atoms with Crippen molar-refractivity contribution in [3.05, 3.63) is 147 Å². The van der Waals surface area contributed by atoms with Crippen LogP contribution in [-0.2, 0) is 54.6 Å². The first kappa shape index (κ1) is 52.2. The number of carbonyl (C=O) groups excluding carboxylic acids is 4. The first-order chi connectivity index (χ1) is 37.5. The Morgan fingerprint density at radius 1 is 0.662 bits per heavy atom. The summed E-state index contributed by atoms with van der Waals surface area (Å²) in [5.41, 5.74) is 4.37. The van der Waals surface area contributed by atoms with E-state index in [0.29, 0.717) is 69.0 Å². The number of ether oxygens (including phenoxy) is 2. The molecule has 3 amide bonds. The zero-order chi connectivity index (χ0) is 53.1. The highest BCUT2D eigenvalue weighted by Gasteiger charge is 2.46. The van der Waals surface area contributed by atoms with Gasteiger partial charge in [-0.2, -0.15) is 5.10 Å². The fraction of sp³-hybridized carbons (Fsp3) is 0.484. The maximum atomic E-state index is 14.8. The summed E-state index contributed by atoms with van der Waals surface area (Å²) in [5.74, 6) is -0.757. The lowest BCUT2D eigenvalue weighted by atomic mass is 9.79. The monoisotopic (exact) mass is 1040 g/mol. The number of carbonyl (C=O) groups is 4. The number of hydrogen-bond donors (Lipinski definition) is 1. The van der Waals surface area contributed by atoms with Gasteiger partial charge in [-0.25, -0.2) is 9.48 Å². The number of rotatable bonds is 14. The normalized spacial score (nSPS) is 19.9. The fourth-order valence-corrected chi connectivity index (χ4v) is 13.7. The van der Waals surface area contributed by atoms with Gasteiger partial charge in [-0.15, -0.1) is 0 Å². The van der Waals surface area contributed by atoms with Crippen LogP contribution in [0.3, 0.4) is 0 Å². The number of pyridine rings is 1. The van der Waals surface area contributed by atoms with Crippen LogP contribution in [0.25, 0.3) is 21.8 Å². The summed E-state index contributed by atoms with van der Waals surface area (Å²) >= 11 is 0. The molecule has 3 saturated heterocycles. The molecule has 3 aliphatic heterocycles. The Labute approximate surface area is 451 Å². The summed E-state index contributed by atoms with van der Waals surface area (Å²) < 4.78 is 15.5. The van der Waals surface area contributed by atoms with E-state index in [-0.39, 0.29) is 55.2 Å². The van der Waals surface area contributed by atoms with E-state index in [9.17, 15) is 24.0 Å². The van der Waals surface area contributed by atoms with Gasteiger partial charge in [0.05, 0.1) is 28.1 Å². The van der Waals surface area contributed by atoms with E-state index < -0.39 is 16.9 Å². The number of aromatic nitrogens is 3. The molecule has 404 valence electrons. The first-order valence-corrected chi connectivity index (χ1v) is 28.3.